The molecule has 0 aliphatic rings. The predicted molar refractivity (Wildman–Crippen MR) is 86.9 cm³/mol. The van der Waals surface area contributed by atoms with Crippen LogP contribution in [0.3, 0.4) is 0 Å². The van der Waals surface area contributed by atoms with Gasteiger partial charge in [-0.25, -0.2) is 4.39 Å². The molecule has 2 aromatic rings. The van der Waals surface area contributed by atoms with Gasteiger partial charge in [-0.15, -0.1) is 0 Å². The molecule has 0 aromatic heterocycles. The number of rotatable bonds is 4. The maximum atomic E-state index is 12.9. The minimum absolute atomic E-state index is 0.155. The average molecular weight is 352 g/mol. The molecule has 3 N–H and O–H groups in total. The van der Waals surface area contributed by atoms with Gasteiger partial charge in [0.15, 0.2) is 0 Å². The quantitative estimate of drug-likeness (QED) is 0.831. The van der Waals surface area contributed by atoms with E-state index in [1.54, 1.807) is 42.3 Å². The van der Waals surface area contributed by atoms with E-state index in [0.717, 1.165) is 10.2 Å². The van der Waals surface area contributed by atoms with E-state index in [1.807, 2.05) is 0 Å². The van der Waals surface area contributed by atoms with Crippen LogP contribution in [0.2, 0.25) is 0 Å². The van der Waals surface area contributed by atoms with Crippen LogP contribution in [0.1, 0.15) is 0 Å². The van der Waals surface area contributed by atoms with Crippen molar-refractivity contribution in [3.63, 3.8) is 0 Å². The zero-order chi connectivity index (χ0) is 15.4. The summed E-state index contributed by atoms with van der Waals surface area (Å²) in [5, 5.41) is 2.79. The number of anilines is 3. The van der Waals surface area contributed by atoms with E-state index in [-0.39, 0.29) is 18.3 Å². The number of nitrogen functional groups attached to an aromatic ring is 1. The molecule has 21 heavy (non-hydrogen) atoms. The van der Waals surface area contributed by atoms with Crippen molar-refractivity contribution in [2.24, 2.45) is 0 Å². The standard InChI is InChI=1S/C15H15BrFN3O/c1-20(12-5-2-10(17)3-6-12)9-15(21)19-14-7-4-11(18)8-13(14)16/h2-8H,9,18H2,1H3,(H,19,21). The Morgan fingerprint density at radius 1 is 1.29 bits per heavy atom. The van der Waals surface area contributed by atoms with Gasteiger partial charge in [-0.3, -0.25) is 4.79 Å². The summed E-state index contributed by atoms with van der Waals surface area (Å²) in [6.45, 7) is 0.155. The zero-order valence-corrected chi connectivity index (χ0v) is 13.0. The molecule has 6 heteroatoms. The highest BCUT2D eigenvalue weighted by Crippen LogP contribution is 2.24. The lowest BCUT2D eigenvalue weighted by molar-refractivity contribution is -0.114. The van der Waals surface area contributed by atoms with Gasteiger partial charge in [0.2, 0.25) is 5.91 Å². The summed E-state index contributed by atoms with van der Waals surface area (Å²) in [6.07, 6.45) is 0. The Labute approximate surface area is 130 Å². The summed E-state index contributed by atoms with van der Waals surface area (Å²) in [6, 6.07) is 11.1. The highest BCUT2D eigenvalue weighted by molar-refractivity contribution is 9.10. The number of carbonyl (C=O) groups is 1. The molecule has 1 amide bonds. The Hall–Kier alpha value is -2.08. The molecule has 0 aliphatic heterocycles. The Balaban J connectivity index is 1.99. The van der Waals surface area contributed by atoms with E-state index in [4.69, 9.17) is 5.73 Å². The molecule has 0 aliphatic carbocycles. The SMILES string of the molecule is CN(CC(=O)Nc1ccc(N)cc1Br)c1ccc(F)cc1. The third-order valence-electron chi connectivity index (χ3n) is 2.92. The van der Waals surface area contributed by atoms with Crippen molar-refractivity contribution < 1.29 is 9.18 Å². The molecule has 0 unspecified atom stereocenters. The van der Waals surface area contributed by atoms with Crippen molar-refractivity contribution in [3.8, 4) is 0 Å². The minimum Gasteiger partial charge on any atom is -0.399 e. The van der Waals surface area contributed by atoms with Crippen molar-refractivity contribution in [2.75, 3.05) is 29.5 Å². The van der Waals surface area contributed by atoms with E-state index in [0.29, 0.717) is 11.4 Å². The number of amides is 1. The van der Waals surface area contributed by atoms with Crippen molar-refractivity contribution in [1.29, 1.82) is 0 Å². The third kappa shape index (κ3) is 4.19. The fourth-order valence-corrected chi connectivity index (χ4v) is 2.32. The van der Waals surface area contributed by atoms with E-state index in [2.05, 4.69) is 21.2 Å². The van der Waals surface area contributed by atoms with Crippen LogP contribution < -0.4 is 16.0 Å². The molecule has 0 heterocycles. The van der Waals surface area contributed by atoms with E-state index in [1.165, 1.54) is 12.1 Å². The summed E-state index contributed by atoms with van der Waals surface area (Å²) in [5.41, 5.74) is 7.68. The van der Waals surface area contributed by atoms with Crippen LogP contribution in [0.25, 0.3) is 0 Å². The molecule has 0 bridgehead atoms. The lowest BCUT2D eigenvalue weighted by atomic mass is 10.2. The third-order valence-corrected chi connectivity index (χ3v) is 3.57. The number of nitrogens with zero attached hydrogens (tertiary/aromatic N) is 1. The molecule has 0 saturated carbocycles. The van der Waals surface area contributed by atoms with Crippen LogP contribution in [0, 0.1) is 5.82 Å². The molecule has 2 aromatic carbocycles. The molecule has 110 valence electrons. The number of nitrogens with one attached hydrogen (secondary N) is 1. The lowest BCUT2D eigenvalue weighted by Gasteiger charge is -2.19. The first kappa shape index (κ1) is 15.3. The summed E-state index contributed by atoms with van der Waals surface area (Å²) >= 11 is 3.34. The summed E-state index contributed by atoms with van der Waals surface area (Å²) < 4.78 is 13.6. The van der Waals surface area contributed by atoms with Gasteiger partial charge < -0.3 is 16.0 Å². The molecule has 0 fully saturated rings. The second-order valence-corrected chi connectivity index (χ2v) is 5.47. The number of likely N-dealkylation sites (N-methyl/N-ethyl adjacent to an activating group) is 1. The minimum atomic E-state index is -0.303. The number of halogens is 2. The highest BCUT2D eigenvalue weighted by Gasteiger charge is 2.09. The van der Waals surface area contributed by atoms with Crippen molar-refractivity contribution in [1.82, 2.24) is 0 Å². The molecule has 4 nitrogen and oxygen atoms in total. The fraction of sp³-hybridized carbons (Fsp3) is 0.133. The normalized spacial score (nSPS) is 10.2. The van der Waals surface area contributed by atoms with Gasteiger partial charge in [0, 0.05) is 22.9 Å². The van der Waals surface area contributed by atoms with Crippen LogP contribution in [0.4, 0.5) is 21.5 Å². The van der Waals surface area contributed by atoms with Crippen LogP contribution in [0.15, 0.2) is 46.9 Å². The number of carbonyl (C=O) groups excluding carboxylic acids is 1. The highest BCUT2D eigenvalue weighted by atomic mass is 79.9. The number of hydrogen-bond acceptors (Lipinski definition) is 3. The monoisotopic (exact) mass is 351 g/mol. The van der Waals surface area contributed by atoms with Gasteiger partial charge in [-0.1, -0.05) is 0 Å². The first-order chi connectivity index (χ1) is 9.95. The van der Waals surface area contributed by atoms with Gasteiger partial charge in [-0.05, 0) is 58.4 Å². The second-order valence-electron chi connectivity index (χ2n) is 4.62. The van der Waals surface area contributed by atoms with E-state index in [9.17, 15) is 9.18 Å². The summed E-state index contributed by atoms with van der Waals surface area (Å²) in [4.78, 5) is 13.8. The predicted octanol–water partition coefficient (Wildman–Crippen LogP) is 3.25. The molecule has 2 rings (SSSR count). The first-order valence-electron chi connectivity index (χ1n) is 6.27. The largest absolute Gasteiger partial charge is 0.399 e. The number of nitrogens with two attached hydrogens (primary N) is 1. The maximum absolute atomic E-state index is 12.9. The second kappa shape index (κ2) is 6.58. The Kier molecular flexibility index (Phi) is 4.80. The van der Waals surface area contributed by atoms with Crippen molar-refractivity contribution >= 4 is 38.9 Å². The molecule has 0 saturated heterocycles. The van der Waals surface area contributed by atoms with Gasteiger partial charge in [0.1, 0.15) is 5.82 Å². The maximum Gasteiger partial charge on any atom is 0.243 e. The van der Waals surface area contributed by atoms with Gasteiger partial charge in [-0.2, -0.15) is 0 Å². The molecule has 0 spiro atoms. The average Bonchev–Trinajstić information content (AvgIpc) is 2.42. The Bertz CT molecular complexity index is 646. The molecule has 0 radical (unpaired) electrons. The van der Waals surface area contributed by atoms with Crippen LogP contribution in [-0.4, -0.2) is 19.5 Å². The zero-order valence-electron chi connectivity index (χ0n) is 11.4. The van der Waals surface area contributed by atoms with Gasteiger partial charge in [0.25, 0.3) is 0 Å². The molecular weight excluding hydrogens is 337 g/mol. The smallest absolute Gasteiger partial charge is 0.243 e. The van der Waals surface area contributed by atoms with Gasteiger partial charge in [0.05, 0.1) is 12.2 Å². The number of hydrogen-bond donors (Lipinski definition) is 2. The van der Waals surface area contributed by atoms with E-state index >= 15 is 0 Å². The topological polar surface area (TPSA) is 58.4 Å². The first-order valence-corrected chi connectivity index (χ1v) is 7.06. The number of benzene rings is 2. The molecule has 0 atom stereocenters. The Morgan fingerprint density at radius 3 is 2.57 bits per heavy atom. The Morgan fingerprint density at radius 2 is 1.95 bits per heavy atom. The summed E-state index contributed by atoms with van der Waals surface area (Å²) in [7, 11) is 1.77. The van der Waals surface area contributed by atoms with E-state index < -0.39 is 0 Å². The fourth-order valence-electron chi connectivity index (χ4n) is 1.82. The molecular formula is C15H15BrFN3O. The van der Waals surface area contributed by atoms with Crippen molar-refractivity contribution in [3.05, 3.63) is 52.8 Å². The van der Waals surface area contributed by atoms with Crippen LogP contribution in [0.5, 0.6) is 0 Å². The summed E-state index contributed by atoms with van der Waals surface area (Å²) in [5.74, 6) is -0.477. The van der Waals surface area contributed by atoms with Crippen LogP contribution >= 0.6 is 15.9 Å². The van der Waals surface area contributed by atoms with Gasteiger partial charge >= 0.3 is 0 Å². The lowest BCUT2D eigenvalue weighted by Crippen LogP contribution is -2.30. The van der Waals surface area contributed by atoms with Crippen molar-refractivity contribution in [2.45, 2.75) is 0 Å². The van der Waals surface area contributed by atoms with Crippen LogP contribution in [-0.2, 0) is 4.79 Å².